The van der Waals surface area contributed by atoms with Crippen LogP contribution in [0.5, 0.6) is 5.75 Å². The highest BCUT2D eigenvalue weighted by Gasteiger charge is 2.30. The summed E-state index contributed by atoms with van der Waals surface area (Å²) >= 11 is 0. The Morgan fingerprint density at radius 1 is 1.19 bits per heavy atom. The van der Waals surface area contributed by atoms with Gasteiger partial charge in [0.15, 0.2) is 6.29 Å². The Morgan fingerprint density at radius 3 is 2.48 bits per heavy atom. The van der Waals surface area contributed by atoms with E-state index in [2.05, 4.69) is 10.4 Å². The Morgan fingerprint density at radius 2 is 1.90 bits per heavy atom. The fraction of sp³-hybridized carbons (Fsp3) is 0.609. The molecule has 8 heteroatoms. The van der Waals surface area contributed by atoms with Gasteiger partial charge in [-0.15, -0.1) is 0 Å². The van der Waals surface area contributed by atoms with E-state index in [0.29, 0.717) is 42.1 Å². The second-order valence-electron chi connectivity index (χ2n) is 9.60. The Bertz CT molecular complexity index is 893. The van der Waals surface area contributed by atoms with Crippen LogP contribution >= 0.6 is 0 Å². The van der Waals surface area contributed by atoms with Crippen molar-refractivity contribution in [3.05, 3.63) is 23.9 Å². The molecule has 1 amide bonds. The number of carbonyl (C=O) groups excluding carboxylic acids is 2. The number of carbonyl (C=O) groups is 2. The molecule has 0 bridgehead atoms. The van der Waals surface area contributed by atoms with Gasteiger partial charge < -0.3 is 19.5 Å². The molecule has 0 spiro atoms. The van der Waals surface area contributed by atoms with E-state index in [1.807, 2.05) is 59.7 Å². The second-order valence-corrected chi connectivity index (χ2v) is 9.60. The van der Waals surface area contributed by atoms with Crippen LogP contribution in [0.15, 0.2) is 18.2 Å². The monoisotopic (exact) mass is 433 g/mol. The van der Waals surface area contributed by atoms with Gasteiger partial charge in [-0.2, -0.15) is 5.10 Å². The minimum Gasteiger partial charge on any atom is -0.491 e. The molecule has 8 nitrogen and oxygen atoms in total. The largest absolute Gasteiger partial charge is 0.491 e. The van der Waals surface area contributed by atoms with Crippen LogP contribution in [0.4, 0.5) is 4.79 Å². The van der Waals surface area contributed by atoms with Gasteiger partial charge in [0.2, 0.25) is 0 Å². The summed E-state index contributed by atoms with van der Waals surface area (Å²) in [5, 5.41) is 8.30. The van der Waals surface area contributed by atoms with Crippen molar-refractivity contribution in [1.29, 1.82) is 0 Å². The topological polar surface area (TPSA) is 91.7 Å². The van der Waals surface area contributed by atoms with Crippen LogP contribution < -0.4 is 10.1 Å². The average molecular weight is 434 g/mol. The van der Waals surface area contributed by atoms with Gasteiger partial charge in [-0.1, -0.05) is 32.9 Å². The molecule has 1 atom stereocenters. The van der Waals surface area contributed by atoms with Gasteiger partial charge in [0.05, 0.1) is 19.2 Å². The summed E-state index contributed by atoms with van der Waals surface area (Å²) in [6, 6.07) is 5.20. The van der Waals surface area contributed by atoms with Gasteiger partial charge in [-0.05, 0) is 32.3 Å². The van der Waals surface area contributed by atoms with E-state index in [0.717, 1.165) is 12.7 Å². The van der Waals surface area contributed by atoms with E-state index < -0.39 is 11.7 Å². The second kappa shape index (κ2) is 10.1. The standard InChI is InChI=1S/C23H35N3O5/c1-22(2,3)19(24-21(28)31-23(4,5)6)14-26-17(15-27)16-10-8-11-18(20(16)25-26)30-13-9-12-29-7/h8,10-11,15,19H,9,12-14H2,1-7H3,(H,24,28). The van der Waals surface area contributed by atoms with Crippen LogP contribution in [0.3, 0.4) is 0 Å². The van der Waals surface area contributed by atoms with Crippen LogP contribution in [0.25, 0.3) is 10.9 Å². The van der Waals surface area contributed by atoms with E-state index in [1.165, 1.54) is 0 Å². The lowest BCUT2D eigenvalue weighted by Crippen LogP contribution is -2.48. The van der Waals surface area contributed by atoms with Gasteiger partial charge in [0, 0.05) is 25.5 Å². The highest BCUT2D eigenvalue weighted by molar-refractivity contribution is 5.97. The lowest BCUT2D eigenvalue weighted by atomic mass is 9.86. The third kappa shape index (κ3) is 6.95. The first kappa shape index (κ1) is 24.7. The lowest BCUT2D eigenvalue weighted by Gasteiger charge is -2.32. The number of aromatic nitrogens is 2. The van der Waals surface area contributed by atoms with Crippen LogP contribution in [-0.4, -0.2) is 54.1 Å². The van der Waals surface area contributed by atoms with E-state index >= 15 is 0 Å². The number of hydrogen-bond acceptors (Lipinski definition) is 6. The molecule has 172 valence electrons. The average Bonchev–Trinajstić information content (AvgIpc) is 3.00. The predicted octanol–water partition coefficient (Wildman–Crippen LogP) is 4.20. The van der Waals surface area contributed by atoms with Gasteiger partial charge in [-0.25, -0.2) is 4.79 Å². The Balaban J connectivity index is 2.32. The lowest BCUT2D eigenvalue weighted by molar-refractivity contribution is 0.0452. The number of hydrogen-bond donors (Lipinski definition) is 1. The quantitative estimate of drug-likeness (QED) is 0.471. The van der Waals surface area contributed by atoms with Crippen LogP contribution in [0, 0.1) is 5.41 Å². The van der Waals surface area contributed by atoms with Crippen molar-refractivity contribution in [2.75, 3.05) is 20.3 Å². The molecule has 2 aromatic rings. The maximum Gasteiger partial charge on any atom is 0.407 e. The number of benzene rings is 1. The minimum atomic E-state index is -0.601. The first-order valence-electron chi connectivity index (χ1n) is 10.5. The summed E-state index contributed by atoms with van der Waals surface area (Å²) in [5.74, 6) is 0.614. The SMILES string of the molecule is COCCCOc1cccc2c(C=O)n(CC(NC(=O)OC(C)(C)C)C(C)(C)C)nc12. The van der Waals surface area contributed by atoms with Crippen molar-refractivity contribution in [2.45, 2.75) is 66.2 Å². The van der Waals surface area contributed by atoms with Crippen molar-refractivity contribution in [3.63, 3.8) is 0 Å². The maximum atomic E-state index is 12.4. The zero-order valence-corrected chi connectivity index (χ0v) is 19.7. The number of alkyl carbamates (subject to hydrolysis) is 1. The minimum absolute atomic E-state index is 0.297. The smallest absolute Gasteiger partial charge is 0.407 e. The van der Waals surface area contributed by atoms with E-state index in [4.69, 9.17) is 14.2 Å². The fourth-order valence-corrected chi connectivity index (χ4v) is 3.07. The van der Waals surface area contributed by atoms with Crippen LogP contribution in [0.2, 0.25) is 0 Å². The Kier molecular flexibility index (Phi) is 8.06. The predicted molar refractivity (Wildman–Crippen MR) is 120 cm³/mol. The number of amides is 1. The third-order valence-electron chi connectivity index (χ3n) is 4.73. The Labute approximate surface area is 184 Å². The van der Waals surface area contributed by atoms with Crippen molar-refractivity contribution in [1.82, 2.24) is 15.1 Å². The molecule has 1 heterocycles. The molecule has 0 aliphatic heterocycles. The van der Waals surface area contributed by atoms with Gasteiger partial charge in [0.1, 0.15) is 22.6 Å². The van der Waals surface area contributed by atoms with Gasteiger partial charge >= 0.3 is 6.09 Å². The summed E-state index contributed by atoms with van der Waals surface area (Å²) in [5.41, 5.74) is 0.162. The number of ether oxygens (including phenoxy) is 3. The summed E-state index contributed by atoms with van der Waals surface area (Å²) in [6.45, 7) is 12.9. The molecule has 1 aromatic heterocycles. The molecule has 1 unspecified atom stereocenters. The number of nitrogens with one attached hydrogen (secondary N) is 1. The molecule has 2 rings (SSSR count). The zero-order chi connectivity index (χ0) is 23.2. The molecule has 31 heavy (non-hydrogen) atoms. The van der Waals surface area contributed by atoms with E-state index in [1.54, 1.807) is 11.8 Å². The summed E-state index contributed by atoms with van der Waals surface area (Å²) in [4.78, 5) is 24.3. The number of nitrogens with zero attached hydrogens (tertiary/aromatic N) is 2. The Hall–Kier alpha value is -2.61. The zero-order valence-electron chi connectivity index (χ0n) is 19.7. The third-order valence-corrected chi connectivity index (χ3v) is 4.73. The molecule has 0 saturated heterocycles. The molecule has 1 aromatic carbocycles. The van der Waals surface area contributed by atoms with E-state index in [9.17, 15) is 9.59 Å². The normalized spacial score (nSPS) is 13.1. The number of rotatable bonds is 9. The number of aldehydes is 1. The maximum absolute atomic E-state index is 12.4. The molecule has 0 aliphatic rings. The van der Waals surface area contributed by atoms with Gasteiger partial charge in [-0.3, -0.25) is 9.48 Å². The molecule has 1 N–H and O–H groups in total. The summed E-state index contributed by atoms with van der Waals surface area (Å²) < 4.78 is 18.0. The summed E-state index contributed by atoms with van der Waals surface area (Å²) in [6.07, 6.45) is 1.04. The fourth-order valence-electron chi connectivity index (χ4n) is 3.07. The van der Waals surface area contributed by atoms with Crippen molar-refractivity contribution < 1.29 is 23.8 Å². The number of fused-ring (bicyclic) bond motifs is 1. The highest BCUT2D eigenvalue weighted by Crippen LogP contribution is 2.28. The summed E-state index contributed by atoms with van der Waals surface area (Å²) in [7, 11) is 1.65. The first-order valence-corrected chi connectivity index (χ1v) is 10.5. The van der Waals surface area contributed by atoms with Crippen molar-refractivity contribution >= 4 is 23.3 Å². The molecule has 0 aliphatic carbocycles. The molecule has 0 saturated carbocycles. The first-order chi connectivity index (χ1) is 14.5. The van der Waals surface area contributed by atoms with Gasteiger partial charge in [0.25, 0.3) is 0 Å². The molecule has 0 fully saturated rings. The van der Waals surface area contributed by atoms with Crippen LogP contribution in [-0.2, 0) is 16.0 Å². The van der Waals surface area contributed by atoms with Crippen molar-refractivity contribution in [3.8, 4) is 5.75 Å². The highest BCUT2D eigenvalue weighted by atomic mass is 16.6. The molecule has 0 radical (unpaired) electrons. The van der Waals surface area contributed by atoms with Crippen molar-refractivity contribution in [2.24, 2.45) is 5.41 Å². The van der Waals surface area contributed by atoms with E-state index in [-0.39, 0.29) is 11.5 Å². The van der Waals surface area contributed by atoms with Crippen LogP contribution in [0.1, 0.15) is 58.5 Å². The molecular formula is C23H35N3O5. The molecular weight excluding hydrogens is 398 g/mol. The number of methoxy groups -OCH3 is 1.